The summed E-state index contributed by atoms with van der Waals surface area (Å²) in [5.74, 6) is 0.451. The molecule has 0 spiro atoms. The number of rotatable bonds is 3. The highest BCUT2D eigenvalue weighted by atomic mass is 79.9. The van der Waals surface area contributed by atoms with Crippen molar-refractivity contribution in [3.63, 3.8) is 0 Å². The minimum absolute atomic E-state index is 0.0704. The molecule has 132 valence electrons. The second kappa shape index (κ2) is 8.01. The van der Waals surface area contributed by atoms with Crippen LogP contribution in [-0.2, 0) is 4.74 Å². The van der Waals surface area contributed by atoms with Crippen molar-refractivity contribution in [1.82, 2.24) is 10.2 Å². The molecule has 1 aliphatic heterocycles. The molecule has 1 aromatic carbocycles. The quantitative estimate of drug-likeness (QED) is 0.844. The second-order valence-corrected chi connectivity index (χ2v) is 8.04. The maximum absolute atomic E-state index is 12.5. The maximum atomic E-state index is 12.5. The minimum Gasteiger partial charge on any atom is -0.444 e. The summed E-state index contributed by atoms with van der Waals surface area (Å²) in [4.78, 5) is 26.0. The Morgan fingerprint density at radius 3 is 2.33 bits per heavy atom. The first-order chi connectivity index (χ1) is 11.2. The number of carbonyl (C=O) groups is 2. The van der Waals surface area contributed by atoms with Gasteiger partial charge in [0.25, 0.3) is 5.91 Å². The van der Waals surface area contributed by atoms with Crippen LogP contribution in [0.4, 0.5) is 4.79 Å². The molecule has 2 amide bonds. The highest BCUT2D eigenvalue weighted by Gasteiger charge is 2.24. The third-order valence-corrected chi connectivity index (χ3v) is 4.46. The molecule has 0 atom stereocenters. The Hall–Kier alpha value is -1.56. The summed E-state index contributed by atoms with van der Waals surface area (Å²) in [6.45, 7) is 7.57. The van der Waals surface area contributed by atoms with Gasteiger partial charge in [-0.15, -0.1) is 0 Å². The van der Waals surface area contributed by atoms with E-state index in [9.17, 15) is 9.59 Å². The zero-order chi connectivity index (χ0) is 17.7. The highest BCUT2D eigenvalue weighted by molar-refractivity contribution is 9.10. The second-order valence-electron chi connectivity index (χ2n) is 7.13. The van der Waals surface area contributed by atoms with Crippen LogP contribution in [0.25, 0.3) is 0 Å². The number of ether oxygens (including phenoxy) is 1. The highest BCUT2D eigenvalue weighted by Crippen LogP contribution is 2.19. The molecule has 1 heterocycles. The normalized spacial score (nSPS) is 15.9. The lowest BCUT2D eigenvalue weighted by Crippen LogP contribution is -2.42. The summed E-state index contributed by atoms with van der Waals surface area (Å²) in [6, 6.07) is 7.43. The topological polar surface area (TPSA) is 58.6 Å². The van der Waals surface area contributed by atoms with Gasteiger partial charge in [0.15, 0.2) is 0 Å². The number of nitrogens with zero attached hydrogens (tertiary/aromatic N) is 1. The van der Waals surface area contributed by atoms with Crippen LogP contribution >= 0.6 is 15.9 Å². The van der Waals surface area contributed by atoms with Crippen LogP contribution in [-0.4, -0.2) is 42.1 Å². The van der Waals surface area contributed by atoms with Crippen LogP contribution in [0.15, 0.2) is 28.7 Å². The Bertz CT molecular complexity index is 573. The van der Waals surface area contributed by atoms with E-state index in [0.717, 1.165) is 30.4 Å². The molecule has 0 radical (unpaired) electrons. The number of nitrogens with one attached hydrogen (secondary N) is 1. The molecule has 2 rings (SSSR count). The summed E-state index contributed by atoms with van der Waals surface area (Å²) < 4.78 is 6.20. The van der Waals surface area contributed by atoms with E-state index in [2.05, 4.69) is 21.2 Å². The number of benzene rings is 1. The van der Waals surface area contributed by atoms with Gasteiger partial charge in [-0.05, 0) is 63.8 Å². The van der Waals surface area contributed by atoms with E-state index in [1.165, 1.54) is 0 Å². The summed E-state index contributed by atoms with van der Waals surface area (Å²) in [5.41, 5.74) is 0.230. The van der Waals surface area contributed by atoms with Crippen molar-refractivity contribution in [2.45, 2.75) is 39.2 Å². The maximum Gasteiger partial charge on any atom is 0.407 e. The van der Waals surface area contributed by atoms with Crippen molar-refractivity contribution in [1.29, 1.82) is 0 Å². The molecule has 1 N–H and O–H groups in total. The lowest BCUT2D eigenvalue weighted by atomic mass is 9.96. The lowest BCUT2D eigenvalue weighted by Gasteiger charge is -2.32. The smallest absolute Gasteiger partial charge is 0.407 e. The van der Waals surface area contributed by atoms with Crippen LogP contribution < -0.4 is 5.32 Å². The van der Waals surface area contributed by atoms with Crippen molar-refractivity contribution < 1.29 is 14.3 Å². The molecule has 0 aromatic heterocycles. The van der Waals surface area contributed by atoms with Crippen LogP contribution in [0.1, 0.15) is 44.0 Å². The number of halogens is 1. The average Bonchev–Trinajstić information content (AvgIpc) is 2.52. The standard InChI is InChI=1S/C18H25BrN2O3/c1-18(2,3)24-17(23)20-12-13-8-10-21(11-9-13)16(22)14-4-6-15(19)7-5-14/h4-7,13H,8-12H2,1-3H3,(H,20,23). The molecule has 1 aliphatic rings. The largest absolute Gasteiger partial charge is 0.444 e. The Morgan fingerprint density at radius 2 is 1.79 bits per heavy atom. The number of alkyl carbamates (subject to hydrolysis) is 1. The summed E-state index contributed by atoms with van der Waals surface area (Å²) in [7, 11) is 0. The van der Waals surface area contributed by atoms with Crippen molar-refractivity contribution in [2.75, 3.05) is 19.6 Å². The van der Waals surface area contributed by atoms with Crippen molar-refractivity contribution in [3.05, 3.63) is 34.3 Å². The van der Waals surface area contributed by atoms with E-state index in [1.54, 1.807) is 0 Å². The summed E-state index contributed by atoms with van der Waals surface area (Å²) in [5, 5.41) is 2.82. The van der Waals surface area contributed by atoms with Gasteiger partial charge < -0.3 is 15.0 Å². The first kappa shape index (κ1) is 18.8. The van der Waals surface area contributed by atoms with Crippen molar-refractivity contribution in [2.24, 2.45) is 5.92 Å². The molecule has 0 aliphatic carbocycles. The molecule has 0 unspecified atom stereocenters. The van der Waals surface area contributed by atoms with Gasteiger partial charge in [0.05, 0.1) is 0 Å². The molecule has 0 bridgehead atoms. The van der Waals surface area contributed by atoms with E-state index >= 15 is 0 Å². The van der Waals surface area contributed by atoms with Gasteiger partial charge in [-0.3, -0.25) is 4.79 Å². The number of piperidine rings is 1. The third-order valence-electron chi connectivity index (χ3n) is 3.93. The number of hydrogen-bond donors (Lipinski definition) is 1. The third kappa shape index (κ3) is 5.82. The first-order valence-corrected chi connectivity index (χ1v) is 9.05. The Balaban J connectivity index is 1.76. The van der Waals surface area contributed by atoms with Gasteiger partial charge in [0.1, 0.15) is 5.60 Å². The lowest BCUT2D eigenvalue weighted by molar-refractivity contribution is 0.0500. The number of hydrogen-bond acceptors (Lipinski definition) is 3. The van der Waals surface area contributed by atoms with Gasteiger partial charge in [-0.2, -0.15) is 0 Å². The summed E-state index contributed by atoms with van der Waals surface area (Å²) in [6.07, 6.45) is 1.40. The molecule has 24 heavy (non-hydrogen) atoms. The van der Waals surface area contributed by atoms with Crippen LogP contribution in [0.3, 0.4) is 0 Å². The molecule has 6 heteroatoms. The molecule has 1 aromatic rings. The van der Waals surface area contributed by atoms with Crippen LogP contribution in [0.5, 0.6) is 0 Å². The van der Waals surface area contributed by atoms with Gasteiger partial charge in [-0.1, -0.05) is 15.9 Å². The predicted octanol–water partition coefficient (Wildman–Crippen LogP) is 3.83. The van der Waals surface area contributed by atoms with E-state index < -0.39 is 5.60 Å². The van der Waals surface area contributed by atoms with Crippen LogP contribution in [0.2, 0.25) is 0 Å². The molecular weight excluding hydrogens is 372 g/mol. The Kier molecular flexibility index (Phi) is 6.27. The van der Waals surface area contributed by atoms with Gasteiger partial charge in [0, 0.05) is 29.7 Å². The molecular formula is C18H25BrN2O3. The monoisotopic (exact) mass is 396 g/mol. The fourth-order valence-electron chi connectivity index (χ4n) is 2.66. The molecule has 0 saturated carbocycles. The molecule has 5 nitrogen and oxygen atoms in total. The van der Waals surface area contributed by atoms with E-state index in [0.29, 0.717) is 18.0 Å². The Labute approximate surface area is 151 Å². The van der Waals surface area contributed by atoms with E-state index in [4.69, 9.17) is 4.74 Å². The summed E-state index contributed by atoms with van der Waals surface area (Å²) >= 11 is 3.38. The van der Waals surface area contributed by atoms with Gasteiger partial charge in [0.2, 0.25) is 0 Å². The fraction of sp³-hybridized carbons (Fsp3) is 0.556. The van der Waals surface area contributed by atoms with E-state index in [1.807, 2.05) is 49.9 Å². The predicted molar refractivity (Wildman–Crippen MR) is 97.0 cm³/mol. The minimum atomic E-state index is -0.482. The zero-order valence-corrected chi connectivity index (χ0v) is 16.1. The average molecular weight is 397 g/mol. The van der Waals surface area contributed by atoms with Gasteiger partial charge in [-0.25, -0.2) is 4.79 Å². The number of carbonyl (C=O) groups excluding carboxylic acids is 2. The zero-order valence-electron chi connectivity index (χ0n) is 14.5. The van der Waals surface area contributed by atoms with Gasteiger partial charge >= 0.3 is 6.09 Å². The first-order valence-electron chi connectivity index (χ1n) is 8.26. The molecule has 1 saturated heterocycles. The SMILES string of the molecule is CC(C)(C)OC(=O)NCC1CCN(C(=O)c2ccc(Br)cc2)CC1. The van der Waals surface area contributed by atoms with Crippen molar-refractivity contribution >= 4 is 27.9 Å². The van der Waals surface area contributed by atoms with E-state index in [-0.39, 0.29) is 12.0 Å². The fourth-order valence-corrected chi connectivity index (χ4v) is 2.92. The number of amides is 2. The molecule has 1 fully saturated rings. The van der Waals surface area contributed by atoms with Crippen LogP contribution in [0, 0.1) is 5.92 Å². The van der Waals surface area contributed by atoms with Crippen molar-refractivity contribution in [3.8, 4) is 0 Å². The Morgan fingerprint density at radius 1 is 1.21 bits per heavy atom. The number of likely N-dealkylation sites (tertiary alicyclic amines) is 1.